The van der Waals surface area contributed by atoms with Gasteiger partial charge in [0.15, 0.2) is 0 Å². The van der Waals surface area contributed by atoms with E-state index in [9.17, 15) is 14.6 Å². The summed E-state index contributed by atoms with van der Waals surface area (Å²) in [7, 11) is -2.15. The molecule has 114 valence electrons. The van der Waals surface area contributed by atoms with Crippen LogP contribution in [0.1, 0.15) is 51.9 Å². The van der Waals surface area contributed by atoms with E-state index in [1.54, 1.807) is 13.3 Å². The van der Waals surface area contributed by atoms with Crippen molar-refractivity contribution in [3.63, 3.8) is 0 Å². The number of hydrogen-bond acceptors (Lipinski definition) is 4. The molecule has 0 saturated heterocycles. The van der Waals surface area contributed by atoms with E-state index in [0.29, 0.717) is 17.8 Å². The Bertz CT molecular complexity index is 292. The number of carbonyl (C=O) groups excluding carboxylic acids is 1. The predicted molar refractivity (Wildman–Crippen MR) is 78.9 cm³/mol. The van der Waals surface area contributed by atoms with Crippen LogP contribution >= 0.6 is 7.14 Å². The van der Waals surface area contributed by atoms with Crippen LogP contribution in [0.25, 0.3) is 0 Å². The monoisotopic (exact) mass is 292 g/mol. The number of rotatable bonds is 11. The van der Waals surface area contributed by atoms with Crippen molar-refractivity contribution < 1.29 is 14.6 Å². The molecule has 6 heteroatoms. The summed E-state index contributed by atoms with van der Waals surface area (Å²) in [6, 6.07) is 0. The summed E-state index contributed by atoms with van der Waals surface area (Å²) in [6.45, 7) is 5.55. The Morgan fingerprint density at radius 1 is 1.16 bits per heavy atom. The van der Waals surface area contributed by atoms with Crippen molar-refractivity contribution in [2.75, 3.05) is 26.3 Å². The van der Waals surface area contributed by atoms with Gasteiger partial charge in [-0.3, -0.25) is 15.3 Å². The van der Waals surface area contributed by atoms with Crippen molar-refractivity contribution in [3.8, 4) is 0 Å². The highest BCUT2D eigenvalue weighted by molar-refractivity contribution is 7.62. The minimum atomic E-state index is -2.15. The zero-order chi connectivity index (χ0) is 14.7. The molecule has 0 aromatic heterocycles. The van der Waals surface area contributed by atoms with Crippen LogP contribution in [-0.2, 0) is 9.36 Å². The molecule has 0 saturated carbocycles. The summed E-state index contributed by atoms with van der Waals surface area (Å²) in [6.07, 6.45) is 7.39. The smallest absolute Gasteiger partial charge is 0.247 e. The molecule has 0 unspecified atom stereocenters. The molecule has 0 atom stereocenters. The topological polar surface area (TPSA) is 69.6 Å². The summed E-state index contributed by atoms with van der Waals surface area (Å²) >= 11 is 0. The van der Waals surface area contributed by atoms with Crippen LogP contribution in [0, 0.1) is 0 Å². The Hall–Kier alpha value is -0.380. The van der Waals surface area contributed by atoms with Gasteiger partial charge in [0, 0.05) is 6.42 Å². The summed E-state index contributed by atoms with van der Waals surface area (Å²) in [4.78, 5) is 11.6. The van der Waals surface area contributed by atoms with E-state index in [-0.39, 0.29) is 12.6 Å². The maximum absolute atomic E-state index is 11.6. The van der Waals surface area contributed by atoms with Crippen LogP contribution in [-0.4, -0.2) is 42.5 Å². The molecule has 19 heavy (non-hydrogen) atoms. The Kier molecular flexibility index (Phi) is 10.2. The molecule has 0 aliphatic carbocycles. The highest BCUT2D eigenvalue weighted by Crippen LogP contribution is 2.33. The molecule has 2 N–H and O–H groups in total. The van der Waals surface area contributed by atoms with E-state index in [2.05, 4.69) is 12.2 Å². The number of carbonyl (C=O) groups is 1. The standard InChI is InChI=1S/C13H29N2O3P/c1-4-5-6-7-8-9-10-13(16)15(17)11-14-12-19(2,3)18/h14,17H,4-12H2,1-3H3. The molecule has 0 aliphatic heterocycles. The van der Waals surface area contributed by atoms with Crippen molar-refractivity contribution in [1.82, 2.24) is 10.4 Å². The molecule has 0 heterocycles. The highest BCUT2D eigenvalue weighted by Gasteiger charge is 2.11. The van der Waals surface area contributed by atoms with Crippen molar-refractivity contribution in [2.24, 2.45) is 0 Å². The first-order valence-corrected chi connectivity index (χ1v) is 9.89. The Morgan fingerprint density at radius 2 is 1.74 bits per heavy atom. The fourth-order valence-corrected chi connectivity index (χ4v) is 2.34. The van der Waals surface area contributed by atoms with E-state index < -0.39 is 7.14 Å². The molecule has 0 aromatic rings. The zero-order valence-corrected chi connectivity index (χ0v) is 13.4. The van der Waals surface area contributed by atoms with E-state index in [0.717, 1.165) is 19.3 Å². The zero-order valence-electron chi connectivity index (χ0n) is 12.5. The quantitative estimate of drug-likeness (QED) is 0.202. The molecule has 0 rings (SSSR count). The van der Waals surface area contributed by atoms with Gasteiger partial charge in [-0.2, -0.15) is 0 Å². The second-order valence-corrected chi connectivity index (χ2v) is 8.92. The number of nitrogens with zero attached hydrogens (tertiary/aromatic N) is 1. The Labute approximate surface area is 117 Å². The summed E-state index contributed by atoms with van der Waals surface area (Å²) in [5.41, 5.74) is 0. The fourth-order valence-electron chi connectivity index (χ4n) is 1.70. The van der Waals surface area contributed by atoms with E-state index in [1.807, 2.05) is 0 Å². The van der Waals surface area contributed by atoms with Crippen LogP contribution in [0.2, 0.25) is 0 Å². The third-order valence-electron chi connectivity index (χ3n) is 2.79. The first-order chi connectivity index (χ1) is 8.87. The first kappa shape index (κ1) is 18.6. The molecular weight excluding hydrogens is 263 g/mol. The molecule has 0 radical (unpaired) electrons. The molecule has 0 spiro atoms. The van der Waals surface area contributed by atoms with E-state index in [1.165, 1.54) is 19.3 Å². The van der Waals surface area contributed by atoms with Gasteiger partial charge in [0.2, 0.25) is 5.91 Å². The lowest BCUT2D eigenvalue weighted by Gasteiger charge is -2.16. The van der Waals surface area contributed by atoms with Gasteiger partial charge < -0.3 is 4.57 Å². The van der Waals surface area contributed by atoms with Gasteiger partial charge in [0.05, 0.1) is 20.1 Å². The van der Waals surface area contributed by atoms with Gasteiger partial charge in [0.1, 0.15) is 0 Å². The van der Waals surface area contributed by atoms with Gasteiger partial charge >= 0.3 is 0 Å². The SMILES string of the molecule is CCCCCCCCC(=O)N(O)CNCP(C)(C)=O. The number of hydroxylamine groups is 2. The summed E-state index contributed by atoms with van der Waals surface area (Å²) in [5.74, 6) is -0.273. The largest absolute Gasteiger partial charge is 0.323 e. The third-order valence-corrected chi connectivity index (χ3v) is 3.77. The molecule has 0 fully saturated rings. The normalized spacial score (nSPS) is 11.6. The van der Waals surface area contributed by atoms with Crippen molar-refractivity contribution in [2.45, 2.75) is 51.9 Å². The van der Waals surface area contributed by atoms with Gasteiger partial charge in [-0.05, 0) is 19.8 Å². The van der Waals surface area contributed by atoms with Crippen molar-refractivity contribution in [3.05, 3.63) is 0 Å². The Balaban J connectivity index is 3.57. The number of unbranched alkanes of at least 4 members (excludes halogenated alkanes) is 5. The van der Waals surface area contributed by atoms with Gasteiger partial charge in [-0.1, -0.05) is 39.0 Å². The molecule has 0 aromatic carbocycles. The molecule has 0 bridgehead atoms. The van der Waals surface area contributed by atoms with Crippen LogP contribution in [0.4, 0.5) is 0 Å². The van der Waals surface area contributed by atoms with Crippen LogP contribution < -0.4 is 5.32 Å². The Morgan fingerprint density at radius 3 is 2.32 bits per heavy atom. The minimum absolute atomic E-state index is 0.0420. The maximum Gasteiger partial charge on any atom is 0.247 e. The van der Waals surface area contributed by atoms with Gasteiger partial charge in [0.25, 0.3) is 0 Å². The molecule has 0 aliphatic rings. The lowest BCUT2D eigenvalue weighted by molar-refractivity contribution is -0.166. The van der Waals surface area contributed by atoms with Gasteiger partial charge in [-0.15, -0.1) is 0 Å². The van der Waals surface area contributed by atoms with E-state index >= 15 is 0 Å². The summed E-state index contributed by atoms with van der Waals surface area (Å²) in [5, 5.41) is 13.0. The fraction of sp³-hybridized carbons (Fsp3) is 0.923. The van der Waals surface area contributed by atoms with Gasteiger partial charge in [-0.25, -0.2) is 5.06 Å². The lowest BCUT2D eigenvalue weighted by Crippen LogP contribution is -2.36. The maximum atomic E-state index is 11.6. The minimum Gasteiger partial charge on any atom is -0.323 e. The number of amides is 1. The number of hydrogen-bond donors (Lipinski definition) is 2. The van der Waals surface area contributed by atoms with Crippen LogP contribution in [0.5, 0.6) is 0 Å². The predicted octanol–water partition coefficient (Wildman–Crippen LogP) is 3.08. The molecular formula is C13H29N2O3P. The second-order valence-electron chi connectivity index (χ2n) is 5.45. The van der Waals surface area contributed by atoms with Crippen molar-refractivity contribution in [1.29, 1.82) is 0 Å². The molecule has 5 nitrogen and oxygen atoms in total. The second kappa shape index (κ2) is 10.4. The van der Waals surface area contributed by atoms with Crippen molar-refractivity contribution >= 4 is 13.0 Å². The lowest BCUT2D eigenvalue weighted by atomic mass is 10.1. The van der Waals surface area contributed by atoms with Crippen LogP contribution in [0.15, 0.2) is 0 Å². The van der Waals surface area contributed by atoms with E-state index in [4.69, 9.17) is 0 Å². The average molecular weight is 292 g/mol. The first-order valence-electron chi connectivity index (χ1n) is 7.10. The third kappa shape index (κ3) is 12.4. The molecule has 1 amide bonds. The summed E-state index contributed by atoms with van der Waals surface area (Å²) < 4.78 is 11.4. The highest BCUT2D eigenvalue weighted by atomic mass is 31.2. The number of nitrogens with one attached hydrogen (secondary N) is 1. The van der Waals surface area contributed by atoms with Crippen LogP contribution in [0.3, 0.4) is 0 Å². The average Bonchev–Trinajstić information content (AvgIpc) is 2.31.